The molecule has 0 radical (unpaired) electrons. The van der Waals surface area contributed by atoms with Gasteiger partial charge in [0.25, 0.3) is 0 Å². The zero-order valence-electron chi connectivity index (χ0n) is 12.5. The average molecular weight is 249 g/mol. The van der Waals surface area contributed by atoms with Crippen molar-refractivity contribution in [1.82, 2.24) is 0 Å². The van der Waals surface area contributed by atoms with Crippen LogP contribution in [-0.2, 0) is 11.3 Å². The van der Waals surface area contributed by atoms with Crippen molar-refractivity contribution in [2.24, 2.45) is 17.3 Å². The normalized spacial score (nSPS) is 29.8. The summed E-state index contributed by atoms with van der Waals surface area (Å²) in [5.74, 6) is 0.244. The van der Waals surface area contributed by atoms with Gasteiger partial charge in [0.2, 0.25) is 0 Å². The predicted octanol–water partition coefficient (Wildman–Crippen LogP) is 3.25. The van der Waals surface area contributed by atoms with Crippen molar-refractivity contribution in [1.29, 1.82) is 0 Å². The summed E-state index contributed by atoms with van der Waals surface area (Å²) >= 11 is 0. The number of hydrogen-bond donors (Lipinski definition) is 1. The van der Waals surface area contributed by atoms with Crippen LogP contribution in [0, 0.1) is 17.3 Å². The lowest BCUT2D eigenvalue weighted by molar-refractivity contribution is 0.0296. The number of rotatable bonds is 5. The summed E-state index contributed by atoms with van der Waals surface area (Å²) in [6, 6.07) is 10.0. The molecule has 0 aliphatic heterocycles. The van der Waals surface area contributed by atoms with Crippen molar-refractivity contribution in [2.45, 2.75) is 39.9 Å². The van der Waals surface area contributed by atoms with Crippen LogP contribution in [0.1, 0.15) is 34.1 Å². The first-order chi connectivity index (χ1) is 8.91. The van der Waals surface area contributed by atoms with E-state index in [0.717, 1.165) is 5.56 Å². The molecule has 1 N–H and O–H groups in total. The largest absolute Gasteiger partial charge is 0.392 e. The zero-order valence-corrected chi connectivity index (χ0v) is 11.5. The van der Waals surface area contributed by atoms with Gasteiger partial charge in [-0.2, -0.15) is 0 Å². The van der Waals surface area contributed by atoms with Crippen molar-refractivity contribution in [3.63, 3.8) is 0 Å². The topological polar surface area (TPSA) is 29.5 Å². The smallest absolute Gasteiger partial charge is 0.0717 e. The molecule has 2 nitrogen and oxygen atoms in total. The van der Waals surface area contributed by atoms with E-state index in [0.29, 0.717) is 13.2 Å². The third-order valence-corrected chi connectivity index (χ3v) is 3.50. The molecule has 1 aromatic carbocycles. The molecule has 1 saturated carbocycles. The zero-order chi connectivity index (χ0) is 14.0. The Labute approximate surface area is 111 Å². The lowest BCUT2D eigenvalue weighted by Gasteiger charge is -2.26. The van der Waals surface area contributed by atoms with E-state index in [1.54, 1.807) is 0 Å². The fourth-order valence-electron chi connectivity index (χ4n) is 2.19. The molecule has 2 rings (SSSR count). The molecule has 0 spiro atoms. The van der Waals surface area contributed by atoms with E-state index < -0.39 is 6.10 Å². The quantitative estimate of drug-likeness (QED) is 0.868. The van der Waals surface area contributed by atoms with Crippen LogP contribution in [-0.4, -0.2) is 17.8 Å². The maximum Gasteiger partial charge on any atom is 0.0717 e. The van der Waals surface area contributed by atoms with Crippen molar-refractivity contribution < 1.29 is 11.2 Å². The lowest BCUT2D eigenvalue weighted by Crippen LogP contribution is -2.29. The summed E-state index contributed by atoms with van der Waals surface area (Å²) in [7, 11) is 0. The van der Waals surface area contributed by atoms with Gasteiger partial charge in [-0.1, -0.05) is 51.1 Å². The second kappa shape index (κ2) is 5.41. The lowest BCUT2D eigenvalue weighted by atomic mass is 9.86. The van der Waals surface area contributed by atoms with Crippen molar-refractivity contribution in [3.8, 4) is 0 Å². The van der Waals surface area contributed by atoms with Gasteiger partial charge in [-0.3, -0.25) is 0 Å². The summed E-state index contributed by atoms with van der Waals surface area (Å²) in [6.07, 6.45) is -0.592. The highest BCUT2D eigenvalue weighted by molar-refractivity contribution is 5.13. The molecule has 0 aromatic heterocycles. The Balaban J connectivity index is 1.76. The highest BCUT2D eigenvalue weighted by atomic mass is 16.5. The maximum atomic E-state index is 10.2. The fraction of sp³-hybridized carbons (Fsp3) is 0.625. The molecule has 4 atom stereocenters. The summed E-state index contributed by atoms with van der Waals surface area (Å²) in [5.41, 5.74) is 0.996. The monoisotopic (exact) mass is 249 g/mol. The van der Waals surface area contributed by atoms with E-state index in [1.165, 1.54) is 0 Å². The fourth-order valence-corrected chi connectivity index (χ4v) is 2.19. The first kappa shape index (κ1) is 12.2. The van der Waals surface area contributed by atoms with Crippen LogP contribution >= 0.6 is 0 Å². The van der Waals surface area contributed by atoms with Gasteiger partial charge in [0.15, 0.2) is 0 Å². The molecule has 0 amide bonds. The van der Waals surface area contributed by atoms with E-state index in [4.69, 9.17) is 6.11 Å². The van der Waals surface area contributed by atoms with Crippen molar-refractivity contribution in [2.75, 3.05) is 6.61 Å². The number of benzene rings is 1. The molecule has 18 heavy (non-hydrogen) atoms. The third-order valence-electron chi connectivity index (χ3n) is 3.50. The second-order valence-corrected chi connectivity index (χ2v) is 6.25. The molecule has 1 aliphatic carbocycles. The van der Waals surface area contributed by atoms with E-state index in [1.807, 2.05) is 51.1 Å². The molecule has 0 heterocycles. The molecule has 1 fully saturated rings. The first-order valence-electron chi connectivity index (χ1n) is 7.21. The third kappa shape index (κ3) is 3.56. The van der Waals surface area contributed by atoms with Crippen LogP contribution in [0.2, 0.25) is 0 Å². The molecule has 1 aliphatic rings. The van der Waals surface area contributed by atoms with E-state index in [2.05, 4.69) is 0 Å². The summed E-state index contributed by atoms with van der Waals surface area (Å²) in [5, 5.41) is 10.2. The minimum absolute atomic E-state index is 0.0655. The summed E-state index contributed by atoms with van der Waals surface area (Å²) < 4.78 is 13.6. The molecular formula is C16H24O2. The minimum Gasteiger partial charge on any atom is -0.392 e. The number of ether oxygens (including phenoxy) is 1. The Morgan fingerprint density at radius 2 is 2.06 bits per heavy atom. The van der Waals surface area contributed by atoms with Gasteiger partial charge in [-0.15, -0.1) is 0 Å². The molecule has 2 heteroatoms. The Morgan fingerprint density at radius 1 is 1.39 bits per heavy atom. The van der Waals surface area contributed by atoms with Crippen LogP contribution in [0.25, 0.3) is 0 Å². The highest BCUT2D eigenvalue weighted by Crippen LogP contribution is 2.46. The molecule has 0 saturated heterocycles. The summed E-state index contributed by atoms with van der Waals surface area (Å²) in [6.45, 7) is 7.21. The van der Waals surface area contributed by atoms with Crippen LogP contribution < -0.4 is 0 Å². The van der Waals surface area contributed by atoms with E-state index >= 15 is 0 Å². The van der Waals surface area contributed by atoms with E-state index in [9.17, 15) is 5.11 Å². The molecule has 0 bridgehead atoms. The predicted molar refractivity (Wildman–Crippen MR) is 73.2 cm³/mol. The highest BCUT2D eigenvalue weighted by Gasteiger charge is 2.46. The molecule has 100 valence electrons. The van der Waals surface area contributed by atoms with Gasteiger partial charge in [0.05, 0.1) is 19.3 Å². The van der Waals surface area contributed by atoms with Crippen LogP contribution in [0.5, 0.6) is 0 Å². The van der Waals surface area contributed by atoms with Gasteiger partial charge in [-0.05, 0) is 29.2 Å². The van der Waals surface area contributed by atoms with Crippen molar-refractivity contribution in [3.05, 3.63) is 35.9 Å². The summed E-state index contributed by atoms with van der Waals surface area (Å²) in [4.78, 5) is 0. The minimum atomic E-state index is -0.416. The Hall–Kier alpha value is -0.860. The van der Waals surface area contributed by atoms with Gasteiger partial charge in [0, 0.05) is 1.37 Å². The number of aliphatic hydroxyl groups excluding tert-OH is 1. The van der Waals surface area contributed by atoms with Crippen LogP contribution in [0.15, 0.2) is 30.3 Å². The van der Waals surface area contributed by atoms with Gasteiger partial charge in [0.1, 0.15) is 0 Å². The standard InChI is InChI=1S/C16H24O2/c1-16(2,3)15(17)14-9-13(14)11-18-10-12-7-5-4-6-8-12/h4-8,13-15,17H,9-11H2,1-3H3/t13-,14-,15-/m0/s1/i9D/t9-,13-,14-,15-. The SMILES string of the molecule is [2H][C@H]1[C@@H](COCc2ccccc2)[C@H]1[C@H](O)C(C)(C)C. The van der Waals surface area contributed by atoms with Gasteiger partial charge < -0.3 is 9.84 Å². The Bertz CT molecular complexity index is 399. The van der Waals surface area contributed by atoms with Gasteiger partial charge >= 0.3 is 0 Å². The molecule has 1 aromatic rings. The second-order valence-electron chi connectivity index (χ2n) is 6.25. The van der Waals surface area contributed by atoms with Crippen LogP contribution in [0.3, 0.4) is 0 Å². The first-order valence-corrected chi connectivity index (χ1v) is 6.63. The Kier molecular flexibility index (Phi) is 3.67. The van der Waals surface area contributed by atoms with Gasteiger partial charge in [-0.25, -0.2) is 0 Å². The maximum absolute atomic E-state index is 10.2. The molecule has 0 unspecified atom stereocenters. The van der Waals surface area contributed by atoms with Crippen molar-refractivity contribution >= 4 is 0 Å². The molecular weight excluding hydrogens is 224 g/mol. The average Bonchev–Trinajstić information content (AvgIpc) is 2.99. The Morgan fingerprint density at radius 3 is 2.67 bits per heavy atom. The number of aliphatic hydroxyl groups is 1. The van der Waals surface area contributed by atoms with E-state index in [-0.39, 0.29) is 23.6 Å². The van der Waals surface area contributed by atoms with Crippen LogP contribution in [0.4, 0.5) is 0 Å². The number of hydrogen-bond acceptors (Lipinski definition) is 2.